The van der Waals surface area contributed by atoms with Crippen molar-refractivity contribution in [1.29, 1.82) is 0 Å². The van der Waals surface area contributed by atoms with E-state index in [1.165, 1.54) is 24.4 Å². The quantitative estimate of drug-likeness (QED) is 0.316. The lowest BCUT2D eigenvalue weighted by molar-refractivity contribution is -0.114. The first-order chi connectivity index (χ1) is 16.4. The second kappa shape index (κ2) is 12.3. The maximum absolute atomic E-state index is 11.6. The topological polar surface area (TPSA) is 69.3 Å². The third kappa shape index (κ3) is 7.10. The Labute approximate surface area is 207 Å². The number of benzene rings is 2. The van der Waals surface area contributed by atoms with Gasteiger partial charge in [-0.15, -0.1) is 0 Å². The van der Waals surface area contributed by atoms with Crippen LogP contribution in [0.4, 0.5) is 11.4 Å². The van der Waals surface area contributed by atoms with Crippen LogP contribution in [-0.4, -0.2) is 29.9 Å². The maximum atomic E-state index is 11.6. The molecule has 178 valence electrons. The van der Waals surface area contributed by atoms with Crippen LogP contribution in [0.15, 0.2) is 78.0 Å². The normalized spacial score (nSPS) is 12.2. The summed E-state index contributed by atoms with van der Waals surface area (Å²) in [6.45, 7) is 6.47. The molecule has 0 saturated carbocycles. The molecule has 3 rings (SSSR count). The minimum atomic E-state index is -0.0877. The number of hydrogen-bond donors (Lipinski definition) is 3. The molecule has 0 aliphatic rings. The fraction of sp³-hybridized carbons (Fsp3) is 0.259. The summed E-state index contributed by atoms with van der Waals surface area (Å²) in [4.78, 5) is 19.2. The summed E-state index contributed by atoms with van der Waals surface area (Å²) in [6.07, 6.45) is 3.97. The Kier molecular flexibility index (Phi) is 9.13. The van der Waals surface area contributed by atoms with Gasteiger partial charge in [-0.05, 0) is 78.9 Å². The lowest BCUT2D eigenvalue weighted by Gasteiger charge is -2.25. The van der Waals surface area contributed by atoms with Gasteiger partial charge in [-0.1, -0.05) is 24.3 Å². The van der Waals surface area contributed by atoms with Crippen LogP contribution < -0.4 is 15.4 Å². The smallest absolute Gasteiger partial charge is 0.221 e. The molecular weight excluding hydrogens is 442 g/mol. The van der Waals surface area contributed by atoms with Gasteiger partial charge in [0.05, 0.1) is 11.7 Å². The van der Waals surface area contributed by atoms with Crippen LogP contribution in [0.5, 0.6) is 0 Å². The summed E-state index contributed by atoms with van der Waals surface area (Å²) < 4.78 is 3.40. The highest BCUT2D eigenvalue weighted by Crippen LogP contribution is 2.31. The van der Waals surface area contributed by atoms with E-state index in [-0.39, 0.29) is 11.9 Å². The zero-order valence-electron chi connectivity index (χ0n) is 20.4. The highest BCUT2D eigenvalue weighted by molar-refractivity contribution is 7.97. The Morgan fingerprint density at radius 3 is 2.47 bits per heavy atom. The molecule has 0 fully saturated rings. The summed E-state index contributed by atoms with van der Waals surface area (Å²) in [5, 5.41) is 6.04. The van der Waals surface area contributed by atoms with E-state index in [1.54, 1.807) is 6.20 Å². The van der Waals surface area contributed by atoms with Crippen LogP contribution >= 0.6 is 11.9 Å². The number of carbonyl (C=O) groups excluding carboxylic acids is 1. The lowest BCUT2D eigenvalue weighted by atomic mass is 10.1. The van der Waals surface area contributed by atoms with Crippen LogP contribution in [0.25, 0.3) is 5.57 Å². The van der Waals surface area contributed by atoms with Crippen LogP contribution in [0.1, 0.15) is 43.6 Å². The largest absolute Gasteiger partial charge is 0.388 e. The van der Waals surface area contributed by atoms with Crippen molar-refractivity contribution in [3.63, 3.8) is 0 Å². The molecule has 34 heavy (non-hydrogen) atoms. The van der Waals surface area contributed by atoms with E-state index >= 15 is 0 Å². The third-order valence-electron chi connectivity index (χ3n) is 5.58. The summed E-state index contributed by atoms with van der Waals surface area (Å²) in [7, 11) is 4.02. The zero-order valence-corrected chi connectivity index (χ0v) is 21.2. The molecule has 0 bridgehead atoms. The first kappa shape index (κ1) is 25.3. The predicted octanol–water partition coefficient (Wildman–Crippen LogP) is 5.93. The van der Waals surface area contributed by atoms with Crippen molar-refractivity contribution in [3.05, 3.63) is 89.9 Å². The number of nitrogens with one attached hydrogen (secondary N) is 3. The first-order valence-corrected chi connectivity index (χ1v) is 12.1. The van der Waals surface area contributed by atoms with Gasteiger partial charge in [0.15, 0.2) is 0 Å². The minimum absolute atomic E-state index is 0.0877. The van der Waals surface area contributed by atoms with Gasteiger partial charge in [-0.25, -0.2) is 0 Å². The zero-order chi connectivity index (χ0) is 24.5. The lowest BCUT2D eigenvalue weighted by Crippen LogP contribution is -2.16. The Hall–Kier alpha value is -3.29. The molecule has 0 saturated heterocycles. The summed E-state index contributed by atoms with van der Waals surface area (Å²) in [5.74, 6) is -0.0877. The van der Waals surface area contributed by atoms with Crippen LogP contribution in [0.2, 0.25) is 0 Å². The standard InChI is InChI=1S/C27H33N5OS/c1-19(18-32(5)20(2)22-9-11-23(28-4)12-10-22)26-14-13-24(31-21(3)33)16-27(26)34-30-17-25-8-6-7-15-29-25/h6-16,18,20,28,30H,17H2,1-5H3,(H,31,33)/b19-18+. The van der Waals surface area contributed by atoms with E-state index in [9.17, 15) is 4.79 Å². The molecule has 2 aromatic carbocycles. The van der Waals surface area contributed by atoms with Crippen molar-refractivity contribution < 1.29 is 4.79 Å². The number of pyridine rings is 1. The molecule has 6 nitrogen and oxygen atoms in total. The average Bonchev–Trinajstić information content (AvgIpc) is 2.84. The minimum Gasteiger partial charge on any atom is -0.388 e. The molecule has 0 radical (unpaired) electrons. The number of anilines is 2. The second-order valence-electron chi connectivity index (χ2n) is 8.16. The maximum Gasteiger partial charge on any atom is 0.221 e. The number of nitrogens with zero attached hydrogens (tertiary/aromatic N) is 2. The van der Waals surface area contributed by atoms with E-state index in [1.807, 2.05) is 37.4 Å². The van der Waals surface area contributed by atoms with Gasteiger partial charge < -0.3 is 15.5 Å². The van der Waals surface area contributed by atoms with Crippen molar-refractivity contribution in [3.8, 4) is 0 Å². The molecule has 1 unspecified atom stereocenters. The number of amides is 1. The number of rotatable bonds is 10. The summed E-state index contributed by atoms with van der Waals surface area (Å²) in [5.41, 5.74) is 6.34. The van der Waals surface area contributed by atoms with Crippen molar-refractivity contribution in [2.45, 2.75) is 38.3 Å². The Morgan fingerprint density at radius 1 is 1.09 bits per heavy atom. The summed E-state index contributed by atoms with van der Waals surface area (Å²) in [6, 6.07) is 20.6. The van der Waals surface area contributed by atoms with E-state index in [0.717, 1.165) is 33.1 Å². The highest BCUT2D eigenvalue weighted by Gasteiger charge is 2.12. The van der Waals surface area contributed by atoms with Gasteiger partial charge in [0.25, 0.3) is 0 Å². The molecule has 7 heteroatoms. The van der Waals surface area contributed by atoms with E-state index < -0.39 is 0 Å². The Morgan fingerprint density at radius 2 is 1.82 bits per heavy atom. The number of allylic oxidation sites excluding steroid dienone is 1. The average molecular weight is 476 g/mol. The Balaban J connectivity index is 1.80. The second-order valence-corrected chi connectivity index (χ2v) is 9.09. The highest BCUT2D eigenvalue weighted by atomic mass is 32.2. The van der Waals surface area contributed by atoms with Crippen molar-refractivity contribution in [2.24, 2.45) is 0 Å². The number of hydrogen-bond acceptors (Lipinski definition) is 6. The number of aromatic nitrogens is 1. The molecule has 3 aromatic rings. The molecule has 1 amide bonds. The fourth-order valence-electron chi connectivity index (χ4n) is 3.55. The SMILES string of the molecule is CNc1ccc(C(C)N(C)/C=C(\C)c2ccc(NC(C)=O)cc2SNCc2ccccn2)cc1. The van der Waals surface area contributed by atoms with Gasteiger partial charge in [-0.2, -0.15) is 0 Å². The van der Waals surface area contributed by atoms with Gasteiger partial charge in [0, 0.05) is 56.2 Å². The molecule has 1 heterocycles. The molecular formula is C27H33N5OS. The molecule has 0 aliphatic carbocycles. The monoisotopic (exact) mass is 475 g/mol. The third-order valence-corrected chi connectivity index (χ3v) is 6.42. The van der Waals surface area contributed by atoms with Crippen molar-refractivity contribution >= 4 is 34.8 Å². The van der Waals surface area contributed by atoms with Crippen LogP contribution in [0, 0.1) is 0 Å². The van der Waals surface area contributed by atoms with Gasteiger partial charge >= 0.3 is 0 Å². The predicted molar refractivity (Wildman–Crippen MR) is 143 cm³/mol. The van der Waals surface area contributed by atoms with E-state index in [0.29, 0.717) is 6.54 Å². The van der Waals surface area contributed by atoms with Gasteiger partial charge in [-0.3, -0.25) is 14.5 Å². The summed E-state index contributed by atoms with van der Waals surface area (Å²) >= 11 is 1.54. The van der Waals surface area contributed by atoms with Crippen LogP contribution in [0.3, 0.4) is 0 Å². The fourth-order valence-corrected chi connectivity index (χ4v) is 4.45. The first-order valence-electron chi connectivity index (χ1n) is 11.3. The molecule has 1 atom stereocenters. The van der Waals surface area contributed by atoms with Gasteiger partial charge in [0.1, 0.15) is 0 Å². The van der Waals surface area contributed by atoms with E-state index in [4.69, 9.17) is 0 Å². The Bertz CT molecular complexity index is 1120. The molecule has 1 aromatic heterocycles. The van der Waals surface area contributed by atoms with Crippen LogP contribution in [-0.2, 0) is 11.3 Å². The number of carbonyl (C=O) groups is 1. The van der Waals surface area contributed by atoms with E-state index in [2.05, 4.69) is 82.7 Å². The van der Waals surface area contributed by atoms with Gasteiger partial charge in [0.2, 0.25) is 5.91 Å². The molecule has 0 spiro atoms. The van der Waals surface area contributed by atoms with Crippen molar-refractivity contribution in [1.82, 2.24) is 14.6 Å². The molecule has 0 aliphatic heterocycles. The molecule has 3 N–H and O–H groups in total. The van der Waals surface area contributed by atoms with Crippen molar-refractivity contribution in [2.75, 3.05) is 24.7 Å².